The van der Waals surface area contributed by atoms with Gasteiger partial charge in [0, 0.05) is 5.54 Å². The van der Waals surface area contributed by atoms with Gasteiger partial charge in [-0.25, -0.2) is 0 Å². The first-order chi connectivity index (χ1) is 9.45. The number of carbonyl (C=O) groups is 1. The lowest BCUT2D eigenvalue weighted by Gasteiger charge is -2.66. The zero-order valence-corrected chi connectivity index (χ0v) is 14.9. The molecule has 0 spiro atoms. The zero-order valence-electron chi connectivity index (χ0n) is 14.2. The normalized spacial score (nSPS) is 46.5. The monoisotopic (exact) mass is 311 g/mol. The Bertz CT molecular complexity index is 448. The van der Waals surface area contributed by atoms with Crippen molar-refractivity contribution < 1.29 is 4.79 Å². The Labute approximate surface area is 134 Å². The smallest absolute Gasteiger partial charge is 0.239 e. The maximum atomic E-state index is 12.6. The van der Waals surface area contributed by atoms with Crippen molar-refractivity contribution in [2.45, 2.75) is 84.1 Å². The summed E-state index contributed by atoms with van der Waals surface area (Å²) in [6.45, 7) is 10.9. The van der Waals surface area contributed by atoms with Crippen LogP contribution in [0.15, 0.2) is 0 Å². The Balaban J connectivity index is 1.86. The molecule has 4 fully saturated rings. The largest absolute Gasteiger partial charge is 0.350 e. The van der Waals surface area contributed by atoms with Crippen molar-refractivity contribution in [3.05, 3.63) is 0 Å². The van der Waals surface area contributed by atoms with Crippen LogP contribution in [0.2, 0.25) is 0 Å². The summed E-state index contributed by atoms with van der Waals surface area (Å²) in [4.78, 5) is 12.6. The van der Waals surface area contributed by atoms with Gasteiger partial charge in [0.15, 0.2) is 0 Å². The van der Waals surface area contributed by atoms with Crippen molar-refractivity contribution in [1.29, 1.82) is 0 Å². The molecule has 0 radical (unpaired) electrons. The van der Waals surface area contributed by atoms with E-state index in [1.54, 1.807) is 0 Å². The highest BCUT2D eigenvalue weighted by Crippen LogP contribution is 2.70. The van der Waals surface area contributed by atoms with Crippen LogP contribution < -0.4 is 5.32 Å². The molecule has 120 valence electrons. The maximum Gasteiger partial charge on any atom is 0.239 e. The molecule has 0 aliphatic heterocycles. The Morgan fingerprint density at radius 3 is 2.05 bits per heavy atom. The van der Waals surface area contributed by atoms with E-state index in [-0.39, 0.29) is 22.2 Å². The van der Waals surface area contributed by atoms with Gasteiger partial charge in [-0.05, 0) is 81.5 Å². The molecule has 0 aromatic rings. The molecular weight excluding hydrogens is 282 g/mol. The van der Waals surface area contributed by atoms with E-state index >= 15 is 0 Å². The number of amides is 1. The van der Waals surface area contributed by atoms with E-state index in [2.05, 4.69) is 19.2 Å². The van der Waals surface area contributed by atoms with Crippen molar-refractivity contribution in [3.63, 3.8) is 0 Å². The second-order valence-electron chi connectivity index (χ2n) is 10.1. The molecule has 4 aliphatic carbocycles. The molecule has 0 aromatic heterocycles. The van der Waals surface area contributed by atoms with Crippen LogP contribution in [0.1, 0.15) is 73.1 Å². The van der Waals surface area contributed by atoms with E-state index in [1.165, 1.54) is 19.3 Å². The van der Waals surface area contributed by atoms with Gasteiger partial charge in [-0.15, -0.1) is 11.6 Å². The molecule has 0 heterocycles. The summed E-state index contributed by atoms with van der Waals surface area (Å²) in [6, 6.07) is 0. The van der Waals surface area contributed by atoms with E-state index in [4.69, 9.17) is 11.6 Å². The molecule has 3 heteroatoms. The van der Waals surface area contributed by atoms with Gasteiger partial charge < -0.3 is 5.32 Å². The maximum absolute atomic E-state index is 12.6. The third-order valence-corrected chi connectivity index (χ3v) is 6.60. The summed E-state index contributed by atoms with van der Waals surface area (Å²) >= 11 is 6.77. The predicted molar refractivity (Wildman–Crippen MR) is 87.4 cm³/mol. The van der Waals surface area contributed by atoms with Gasteiger partial charge in [-0.3, -0.25) is 4.79 Å². The minimum atomic E-state index is -0.376. The average Bonchev–Trinajstić information content (AvgIpc) is 2.20. The molecule has 2 nitrogen and oxygen atoms in total. The molecule has 21 heavy (non-hydrogen) atoms. The molecule has 3 unspecified atom stereocenters. The number of alkyl halides is 1. The van der Waals surface area contributed by atoms with Crippen LogP contribution in [0.25, 0.3) is 0 Å². The number of hydrogen-bond acceptors (Lipinski definition) is 1. The van der Waals surface area contributed by atoms with Crippen molar-refractivity contribution in [2.75, 3.05) is 0 Å². The van der Waals surface area contributed by atoms with Crippen LogP contribution in [0.5, 0.6) is 0 Å². The van der Waals surface area contributed by atoms with Gasteiger partial charge in [0.2, 0.25) is 5.91 Å². The predicted octanol–water partition coefficient (Wildman–Crippen LogP) is 4.51. The van der Waals surface area contributed by atoms with E-state index in [0.717, 1.165) is 25.2 Å². The number of nitrogens with one attached hydrogen (secondary N) is 1. The lowest BCUT2D eigenvalue weighted by molar-refractivity contribution is -0.154. The van der Waals surface area contributed by atoms with Gasteiger partial charge in [0.05, 0.1) is 0 Å². The second-order valence-corrected chi connectivity index (χ2v) is 10.5. The highest BCUT2D eigenvalue weighted by molar-refractivity contribution is 6.31. The highest BCUT2D eigenvalue weighted by atomic mass is 35.5. The van der Waals surface area contributed by atoms with Crippen LogP contribution >= 0.6 is 11.6 Å². The lowest BCUT2D eigenvalue weighted by atomic mass is 9.39. The Morgan fingerprint density at radius 1 is 1.10 bits per heavy atom. The van der Waals surface area contributed by atoms with Crippen LogP contribution in [-0.4, -0.2) is 16.8 Å². The Kier molecular flexibility index (Phi) is 3.28. The highest BCUT2D eigenvalue weighted by Gasteiger charge is 2.63. The van der Waals surface area contributed by atoms with E-state index in [0.29, 0.717) is 10.8 Å². The first-order valence-corrected chi connectivity index (χ1v) is 8.84. The molecular formula is C18H30ClNO. The summed E-state index contributed by atoms with van der Waals surface area (Å²) in [5.41, 5.74) is 0.632. The molecule has 0 saturated heterocycles. The first-order valence-electron chi connectivity index (χ1n) is 8.41. The van der Waals surface area contributed by atoms with E-state index < -0.39 is 0 Å². The van der Waals surface area contributed by atoms with Crippen molar-refractivity contribution in [1.82, 2.24) is 5.32 Å². The number of halogens is 1. The third-order valence-electron chi connectivity index (χ3n) is 5.94. The van der Waals surface area contributed by atoms with Gasteiger partial charge in [0.25, 0.3) is 0 Å². The number of carbonyl (C=O) groups excluding carboxylic acids is 1. The summed E-state index contributed by atoms with van der Waals surface area (Å²) in [5.74, 6) is 0.818. The summed E-state index contributed by atoms with van der Waals surface area (Å²) in [6.07, 6.45) is 7.44. The fourth-order valence-electron chi connectivity index (χ4n) is 6.53. The van der Waals surface area contributed by atoms with Crippen LogP contribution in [0.4, 0.5) is 0 Å². The molecule has 3 atom stereocenters. The number of rotatable bonds is 2. The van der Waals surface area contributed by atoms with Crippen LogP contribution in [0.3, 0.4) is 0 Å². The molecule has 1 N–H and O–H groups in total. The molecule has 4 saturated carbocycles. The topological polar surface area (TPSA) is 29.1 Å². The van der Waals surface area contributed by atoms with Gasteiger partial charge in [-0.2, -0.15) is 0 Å². The van der Waals surface area contributed by atoms with Gasteiger partial charge in [0.1, 0.15) is 5.38 Å². The fraction of sp³-hybridized carbons (Fsp3) is 0.944. The summed E-state index contributed by atoms with van der Waals surface area (Å²) in [5, 5.41) is 2.72. The van der Waals surface area contributed by atoms with E-state index in [9.17, 15) is 4.79 Å². The molecule has 1 amide bonds. The van der Waals surface area contributed by atoms with Crippen LogP contribution in [0, 0.1) is 22.2 Å². The lowest BCUT2D eigenvalue weighted by Crippen LogP contribution is -2.61. The number of hydrogen-bond donors (Lipinski definition) is 1. The van der Waals surface area contributed by atoms with Crippen molar-refractivity contribution in [2.24, 2.45) is 22.2 Å². The SMILES string of the molecule is CC12CC3CC(C)(C1)CC(C(Cl)C(=O)NC(C)(C)C)(C3)C2. The Hall–Kier alpha value is -0.240. The quantitative estimate of drug-likeness (QED) is 0.747. The minimum Gasteiger partial charge on any atom is -0.350 e. The van der Waals surface area contributed by atoms with Crippen molar-refractivity contribution >= 4 is 17.5 Å². The fourth-order valence-corrected chi connectivity index (χ4v) is 6.83. The van der Waals surface area contributed by atoms with E-state index in [1.807, 2.05) is 20.8 Å². The third kappa shape index (κ3) is 2.73. The molecule has 4 bridgehead atoms. The molecule has 4 rings (SSSR count). The Morgan fingerprint density at radius 2 is 1.62 bits per heavy atom. The zero-order chi connectivity index (χ0) is 15.7. The van der Waals surface area contributed by atoms with Gasteiger partial charge >= 0.3 is 0 Å². The molecule has 4 aliphatic rings. The summed E-state index contributed by atoms with van der Waals surface area (Å²) in [7, 11) is 0. The molecule has 0 aromatic carbocycles. The van der Waals surface area contributed by atoms with Crippen molar-refractivity contribution in [3.8, 4) is 0 Å². The van der Waals surface area contributed by atoms with Gasteiger partial charge in [-0.1, -0.05) is 13.8 Å². The first kappa shape index (κ1) is 15.6. The standard InChI is InChI=1S/C18H30ClNO/c1-15(2,3)20-14(21)13(19)18-8-12-6-16(4,10-18)9-17(5,7-12)11-18/h12-13H,6-11H2,1-5H3,(H,20,21). The minimum absolute atomic E-state index is 0.0276. The average molecular weight is 312 g/mol. The van der Waals surface area contributed by atoms with Crippen LogP contribution in [-0.2, 0) is 4.79 Å². The summed E-state index contributed by atoms with van der Waals surface area (Å²) < 4.78 is 0. The second kappa shape index (κ2) is 4.40.